The van der Waals surface area contributed by atoms with Crippen molar-refractivity contribution in [2.75, 3.05) is 0 Å². The van der Waals surface area contributed by atoms with Crippen molar-refractivity contribution in [3.63, 3.8) is 0 Å². The van der Waals surface area contributed by atoms with E-state index in [-0.39, 0.29) is 10.8 Å². The lowest BCUT2D eigenvalue weighted by Crippen LogP contribution is -2.44. The Morgan fingerprint density at radius 1 is 0.800 bits per heavy atom. The molecule has 1 aromatic heterocycles. The van der Waals surface area contributed by atoms with Gasteiger partial charge in [0.15, 0.2) is 11.4 Å². The largest absolute Gasteiger partial charge is 0.272 e. The van der Waals surface area contributed by atoms with Gasteiger partial charge in [0.25, 0.3) is 5.82 Å². The van der Waals surface area contributed by atoms with Gasteiger partial charge in [0.1, 0.15) is 11.4 Å². The highest BCUT2D eigenvalue weighted by Gasteiger charge is 2.59. The zero-order valence-electron chi connectivity index (χ0n) is 21.8. The predicted octanol–water partition coefficient (Wildman–Crippen LogP) is 7.51. The Balaban J connectivity index is 1.82. The molecule has 2 heteroatoms. The number of aryl methyl sites for hydroxylation is 1. The Morgan fingerprint density at radius 2 is 1.43 bits per heavy atom. The van der Waals surface area contributed by atoms with Crippen LogP contribution in [-0.2, 0) is 10.8 Å². The van der Waals surface area contributed by atoms with E-state index in [9.17, 15) is 0 Å². The number of rotatable bonds is 3. The van der Waals surface area contributed by atoms with E-state index in [0.29, 0.717) is 5.92 Å². The van der Waals surface area contributed by atoms with E-state index >= 15 is 0 Å². The number of para-hydroxylation sites is 2. The van der Waals surface area contributed by atoms with Gasteiger partial charge in [-0.05, 0) is 69.7 Å². The molecule has 1 saturated carbocycles. The van der Waals surface area contributed by atoms with Crippen molar-refractivity contribution in [1.29, 1.82) is 0 Å². The van der Waals surface area contributed by atoms with Crippen molar-refractivity contribution < 1.29 is 4.57 Å². The smallest absolute Gasteiger partial charge is 0.196 e. The topological polar surface area (TPSA) is 8.81 Å². The number of aromatic nitrogens is 2. The van der Waals surface area contributed by atoms with Crippen molar-refractivity contribution in [1.82, 2.24) is 4.57 Å². The number of hydrogen-bond acceptors (Lipinski definition) is 0. The Morgan fingerprint density at radius 3 is 2.11 bits per heavy atom. The number of fused-ring (bicyclic) bond motifs is 3. The second-order valence-electron chi connectivity index (χ2n) is 11.6. The van der Waals surface area contributed by atoms with Crippen molar-refractivity contribution in [3.8, 4) is 11.4 Å². The lowest BCUT2D eigenvalue weighted by atomic mass is 9.63. The predicted molar refractivity (Wildman–Crippen MR) is 144 cm³/mol. The second-order valence-corrected chi connectivity index (χ2v) is 11.6. The van der Waals surface area contributed by atoms with Crippen LogP contribution in [0.15, 0.2) is 78.9 Å². The molecule has 1 aliphatic carbocycles. The molecule has 178 valence electrons. The van der Waals surface area contributed by atoms with Crippen LogP contribution in [0.4, 0.5) is 0 Å². The number of hydrogen-bond donors (Lipinski definition) is 0. The molecule has 2 heterocycles. The molecule has 0 radical (unpaired) electrons. The fourth-order valence-electron chi connectivity index (χ4n) is 7.24. The molecule has 3 aromatic carbocycles. The van der Waals surface area contributed by atoms with Crippen molar-refractivity contribution in [2.24, 2.45) is 5.92 Å². The van der Waals surface area contributed by atoms with Gasteiger partial charge in [0.2, 0.25) is 0 Å². The first-order valence-electron chi connectivity index (χ1n) is 13.3. The number of imidazole rings is 1. The molecule has 2 nitrogen and oxygen atoms in total. The van der Waals surface area contributed by atoms with Gasteiger partial charge < -0.3 is 0 Å². The molecule has 1 aliphatic heterocycles. The van der Waals surface area contributed by atoms with E-state index in [2.05, 4.69) is 123 Å². The normalized spacial score (nSPS) is 19.7. The lowest BCUT2D eigenvalue weighted by molar-refractivity contribution is -0.611. The lowest BCUT2D eigenvalue weighted by Gasteiger charge is -2.35. The summed E-state index contributed by atoms with van der Waals surface area (Å²) in [5, 5.41) is 0. The van der Waals surface area contributed by atoms with Crippen molar-refractivity contribution in [2.45, 2.75) is 71.1 Å². The van der Waals surface area contributed by atoms with Gasteiger partial charge in [-0.3, -0.25) is 0 Å². The van der Waals surface area contributed by atoms with Gasteiger partial charge in [-0.15, -0.1) is 0 Å². The minimum Gasteiger partial charge on any atom is -0.196 e. The Kier molecular flexibility index (Phi) is 5.07. The van der Waals surface area contributed by atoms with Crippen LogP contribution in [0.1, 0.15) is 80.4 Å². The molecule has 0 amide bonds. The third-order valence-electron chi connectivity index (χ3n) is 8.49. The van der Waals surface area contributed by atoms with Gasteiger partial charge >= 0.3 is 0 Å². The molecule has 4 aromatic rings. The van der Waals surface area contributed by atoms with E-state index in [1.54, 1.807) is 0 Å². The molecule has 35 heavy (non-hydrogen) atoms. The van der Waals surface area contributed by atoms with Crippen LogP contribution < -0.4 is 4.57 Å². The van der Waals surface area contributed by atoms with E-state index in [4.69, 9.17) is 0 Å². The first kappa shape index (κ1) is 22.3. The van der Waals surface area contributed by atoms with Gasteiger partial charge in [0.05, 0.1) is 10.8 Å². The van der Waals surface area contributed by atoms with E-state index < -0.39 is 0 Å². The summed E-state index contributed by atoms with van der Waals surface area (Å²) in [6.45, 7) is 11.7. The maximum atomic E-state index is 2.66. The van der Waals surface area contributed by atoms with Gasteiger partial charge in [-0.1, -0.05) is 79.6 Å². The molecule has 0 saturated heterocycles. The van der Waals surface area contributed by atoms with Crippen LogP contribution in [0.5, 0.6) is 0 Å². The quantitative estimate of drug-likeness (QED) is 0.279. The van der Waals surface area contributed by atoms with Crippen LogP contribution >= 0.6 is 0 Å². The summed E-state index contributed by atoms with van der Waals surface area (Å²) in [6.07, 6.45) is 5.21. The molecule has 0 spiro atoms. The summed E-state index contributed by atoms with van der Waals surface area (Å²) in [7, 11) is 0. The molecule has 1 fully saturated rings. The minimum atomic E-state index is -0.133. The average Bonchev–Trinajstić information content (AvgIpc) is 3.55. The van der Waals surface area contributed by atoms with E-state index in [1.165, 1.54) is 71.0 Å². The molecule has 6 rings (SSSR count). The summed E-state index contributed by atoms with van der Waals surface area (Å²) in [5.74, 6) is 1.96. The Bertz CT molecular complexity index is 1400. The van der Waals surface area contributed by atoms with E-state index in [0.717, 1.165) is 0 Å². The summed E-state index contributed by atoms with van der Waals surface area (Å²) in [4.78, 5) is 0. The van der Waals surface area contributed by atoms with Crippen molar-refractivity contribution >= 4 is 0 Å². The summed E-state index contributed by atoms with van der Waals surface area (Å²) < 4.78 is 5.23. The fourth-order valence-corrected chi connectivity index (χ4v) is 7.24. The van der Waals surface area contributed by atoms with E-state index in [1.807, 2.05) is 0 Å². The van der Waals surface area contributed by atoms with Gasteiger partial charge in [-0.2, -0.15) is 9.13 Å². The standard InChI is InChI=1S/C33H37N2/c1-23-15-9-13-21-28(23)34-24(2)30-33(26-18-10-11-19-26,25-16-7-6-8-17-25)27-20-12-14-22-29(27)35(30)31(34)32(3,4)5/h6-9,12-17,20-22,26H,10-11,18-19H2,1-5H3/q+1. The highest BCUT2D eigenvalue weighted by molar-refractivity contribution is 5.60. The van der Waals surface area contributed by atoms with Crippen LogP contribution in [-0.4, -0.2) is 4.57 Å². The highest BCUT2D eigenvalue weighted by atomic mass is 15.2. The summed E-state index contributed by atoms with van der Waals surface area (Å²) in [6, 6.07) is 29.5. The van der Waals surface area contributed by atoms with Crippen LogP contribution in [0, 0.1) is 19.8 Å². The fraction of sp³-hybridized carbons (Fsp3) is 0.364. The molecule has 0 bridgehead atoms. The molecule has 2 aliphatic rings. The SMILES string of the molecule is Cc1ccccc1-n1c(C)c2[n+](c1C(C)(C)C)-c1ccccc1C2(c1ccccc1)C1CCCC1. The highest BCUT2D eigenvalue weighted by Crippen LogP contribution is 2.56. The number of nitrogens with zero attached hydrogens (tertiary/aromatic N) is 2. The zero-order valence-corrected chi connectivity index (χ0v) is 21.8. The van der Waals surface area contributed by atoms with Gasteiger partial charge in [-0.25, -0.2) is 0 Å². The summed E-state index contributed by atoms with van der Waals surface area (Å²) in [5.41, 5.74) is 9.57. The van der Waals surface area contributed by atoms with Crippen LogP contribution in [0.25, 0.3) is 11.4 Å². The van der Waals surface area contributed by atoms with Crippen LogP contribution in [0.3, 0.4) is 0 Å². The first-order chi connectivity index (χ1) is 16.9. The molecular weight excluding hydrogens is 424 g/mol. The van der Waals surface area contributed by atoms with Crippen molar-refractivity contribution in [3.05, 3.63) is 113 Å². The third-order valence-corrected chi connectivity index (χ3v) is 8.49. The molecule has 1 unspecified atom stereocenters. The zero-order chi connectivity index (χ0) is 24.4. The third kappa shape index (κ3) is 3.05. The average molecular weight is 462 g/mol. The maximum Gasteiger partial charge on any atom is 0.272 e. The Labute approximate surface area is 210 Å². The van der Waals surface area contributed by atoms with Gasteiger partial charge in [0, 0.05) is 12.5 Å². The molecular formula is C33H37N2+. The first-order valence-corrected chi connectivity index (χ1v) is 13.3. The maximum absolute atomic E-state index is 2.66. The Hall–Kier alpha value is -3.13. The number of benzene rings is 3. The minimum absolute atomic E-state index is 0.0408. The molecule has 0 N–H and O–H groups in total. The second kappa shape index (κ2) is 7.95. The monoisotopic (exact) mass is 461 g/mol. The summed E-state index contributed by atoms with van der Waals surface area (Å²) >= 11 is 0. The van der Waals surface area contributed by atoms with Crippen LogP contribution in [0.2, 0.25) is 0 Å². The molecule has 1 atom stereocenters.